The van der Waals surface area contributed by atoms with Crippen molar-refractivity contribution in [3.8, 4) is 5.75 Å². The number of nitrogens with zero attached hydrogens (tertiary/aromatic N) is 1. The number of carbonyl (C=O) groups excluding carboxylic acids is 1. The van der Waals surface area contributed by atoms with Gasteiger partial charge in [-0.05, 0) is 59.0 Å². The molecule has 1 aromatic heterocycles. The van der Waals surface area contributed by atoms with Gasteiger partial charge >= 0.3 is 0 Å². The SMILES string of the molecule is NNC(=O)c1cccc(COc2ccc(I)cc2)n1. The highest BCUT2D eigenvalue weighted by atomic mass is 127. The van der Waals surface area contributed by atoms with Crippen LogP contribution in [0.1, 0.15) is 16.2 Å². The molecule has 5 nitrogen and oxygen atoms in total. The number of halogens is 1. The molecule has 3 N–H and O–H groups in total. The molecule has 2 rings (SSSR count). The second-order valence-electron chi connectivity index (χ2n) is 3.73. The summed E-state index contributed by atoms with van der Waals surface area (Å²) >= 11 is 2.23. The highest BCUT2D eigenvalue weighted by Crippen LogP contribution is 2.14. The molecule has 1 heterocycles. The van der Waals surface area contributed by atoms with E-state index in [1.54, 1.807) is 18.2 Å². The van der Waals surface area contributed by atoms with Crippen LogP contribution in [0.2, 0.25) is 0 Å². The summed E-state index contributed by atoms with van der Waals surface area (Å²) < 4.78 is 6.73. The number of carbonyl (C=O) groups is 1. The van der Waals surface area contributed by atoms with E-state index in [0.29, 0.717) is 12.3 Å². The van der Waals surface area contributed by atoms with Gasteiger partial charge in [-0.1, -0.05) is 6.07 Å². The third kappa shape index (κ3) is 3.90. The quantitative estimate of drug-likeness (QED) is 0.373. The highest BCUT2D eigenvalue weighted by molar-refractivity contribution is 14.1. The molecule has 1 amide bonds. The first-order valence-electron chi connectivity index (χ1n) is 5.54. The molecule has 2 aromatic rings. The first kappa shape index (κ1) is 13.8. The fraction of sp³-hybridized carbons (Fsp3) is 0.0769. The summed E-state index contributed by atoms with van der Waals surface area (Å²) in [5.41, 5.74) is 2.98. The molecular formula is C13H12IN3O2. The van der Waals surface area contributed by atoms with Gasteiger partial charge in [0.25, 0.3) is 5.91 Å². The number of hydrazine groups is 1. The first-order chi connectivity index (χ1) is 9.19. The summed E-state index contributed by atoms with van der Waals surface area (Å²) in [5, 5.41) is 0. The van der Waals surface area contributed by atoms with E-state index in [1.165, 1.54) is 0 Å². The predicted octanol–water partition coefficient (Wildman–Crippen LogP) is 1.87. The molecule has 0 saturated heterocycles. The van der Waals surface area contributed by atoms with E-state index in [2.05, 4.69) is 27.6 Å². The summed E-state index contributed by atoms with van der Waals surface area (Å²) in [6, 6.07) is 12.8. The molecule has 1 aromatic carbocycles. The van der Waals surface area contributed by atoms with Crippen LogP contribution in [0.4, 0.5) is 0 Å². The Morgan fingerprint density at radius 3 is 2.68 bits per heavy atom. The summed E-state index contributed by atoms with van der Waals surface area (Å²) in [6.07, 6.45) is 0. The van der Waals surface area contributed by atoms with Crippen LogP contribution in [0.5, 0.6) is 5.75 Å². The molecule has 0 aliphatic carbocycles. The Hall–Kier alpha value is -1.67. The lowest BCUT2D eigenvalue weighted by molar-refractivity contribution is 0.0948. The van der Waals surface area contributed by atoms with Gasteiger partial charge in [0.1, 0.15) is 18.1 Å². The van der Waals surface area contributed by atoms with Gasteiger partial charge in [0.15, 0.2) is 0 Å². The zero-order valence-corrected chi connectivity index (χ0v) is 12.1. The molecular weight excluding hydrogens is 357 g/mol. The van der Waals surface area contributed by atoms with Gasteiger partial charge in [-0.25, -0.2) is 10.8 Å². The van der Waals surface area contributed by atoms with Gasteiger partial charge in [0.2, 0.25) is 0 Å². The van der Waals surface area contributed by atoms with Crippen molar-refractivity contribution < 1.29 is 9.53 Å². The summed E-state index contributed by atoms with van der Waals surface area (Å²) in [7, 11) is 0. The number of rotatable bonds is 4. The van der Waals surface area contributed by atoms with Crippen molar-refractivity contribution >= 4 is 28.5 Å². The normalized spacial score (nSPS) is 10.0. The number of benzene rings is 1. The van der Waals surface area contributed by atoms with E-state index in [0.717, 1.165) is 9.32 Å². The Labute approximate surface area is 124 Å². The largest absolute Gasteiger partial charge is 0.487 e. The highest BCUT2D eigenvalue weighted by Gasteiger charge is 2.06. The molecule has 19 heavy (non-hydrogen) atoms. The second kappa shape index (κ2) is 6.48. The fourth-order valence-electron chi connectivity index (χ4n) is 1.45. The third-order valence-electron chi connectivity index (χ3n) is 2.37. The molecule has 0 aliphatic heterocycles. The monoisotopic (exact) mass is 369 g/mol. The van der Waals surface area contributed by atoms with Gasteiger partial charge < -0.3 is 4.74 Å². The van der Waals surface area contributed by atoms with Crippen LogP contribution in [-0.4, -0.2) is 10.9 Å². The molecule has 0 atom stereocenters. The fourth-order valence-corrected chi connectivity index (χ4v) is 1.81. The van der Waals surface area contributed by atoms with E-state index >= 15 is 0 Å². The van der Waals surface area contributed by atoms with E-state index in [-0.39, 0.29) is 5.69 Å². The zero-order chi connectivity index (χ0) is 13.7. The molecule has 0 spiro atoms. The molecule has 0 aliphatic rings. The van der Waals surface area contributed by atoms with Gasteiger partial charge in [0, 0.05) is 3.57 Å². The van der Waals surface area contributed by atoms with Crippen molar-refractivity contribution in [3.05, 3.63) is 57.4 Å². The van der Waals surface area contributed by atoms with E-state index in [4.69, 9.17) is 10.6 Å². The van der Waals surface area contributed by atoms with Crippen molar-refractivity contribution in [2.45, 2.75) is 6.61 Å². The first-order valence-corrected chi connectivity index (χ1v) is 6.62. The van der Waals surface area contributed by atoms with Crippen molar-refractivity contribution in [3.63, 3.8) is 0 Å². The molecule has 0 saturated carbocycles. The Morgan fingerprint density at radius 2 is 2.00 bits per heavy atom. The molecule has 6 heteroatoms. The van der Waals surface area contributed by atoms with E-state index < -0.39 is 5.91 Å². The van der Waals surface area contributed by atoms with Crippen LogP contribution in [0.25, 0.3) is 0 Å². The number of pyridine rings is 1. The van der Waals surface area contributed by atoms with Crippen LogP contribution in [0.15, 0.2) is 42.5 Å². The summed E-state index contributed by atoms with van der Waals surface area (Å²) in [6.45, 7) is 0.298. The second-order valence-corrected chi connectivity index (χ2v) is 4.98. The van der Waals surface area contributed by atoms with Crippen molar-refractivity contribution in [1.82, 2.24) is 10.4 Å². The third-order valence-corrected chi connectivity index (χ3v) is 3.09. The van der Waals surface area contributed by atoms with Crippen LogP contribution in [0.3, 0.4) is 0 Å². The minimum Gasteiger partial charge on any atom is -0.487 e. The maximum atomic E-state index is 11.3. The summed E-state index contributed by atoms with van der Waals surface area (Å²) in [5.74, 6) is 5.40. The van der Waals surface area contributed by atoms with Gasteiger partial charge in [-0.2, -0.15) is 0 Å². The maximum Gasteiger partial charge on any atom is 0.283 e. The van der Waals surface area contributed by atoms with Crippen LogP contribution >= 0.6 is 22.6 Å². The minimum atomic E-state index is -0.420. The Morgan fingerprint density at radius 1 is 1.26 bits per heavy atom. The van der Waals surface area contributed by atoms with Gasteiger partial charge in [-0.15, -0.1) is 0 Å². The number of amides is 1. The van der Waals surface area contributed by atoms with Crippen LogP contribution < -0.4 is 16.0 Å². The lowest BCUT2D eigenvalue weighted by atomic mass is 10.3. The molecule has 0 fully saturated rings. The Balaban J connectivity index is 2.03. The topological polar surface area (TPSA) is 77.2 Å². The minimum absolute atomic E-state index is 0.270. The van der Waals surface area contributed by atoms with Crippen molar-refractivity contribution in [1.29, 1.82) is 0 Å². The number of ether oxygens (including phenoxy) is 1. The molecule has 0 bridgehead atoms. The summed E-state index contributed by atoms with van der Waals surface area (Å²) in [4.78, 5) is 15.5. The Kier molecular flexibility index (Phi) is 4.69. The lowest BCUT2D eigenvalue weighted by Crippen LogP contribution is -2.30. The van der Waals surface area contributed by atoms with E-state index in [1.807, 2.05) is 29.7 Å². The molecule has 0 unspecified atom stereocenters. The average molecular weight is 369 g/mol. The lowest BCUT2D eigenvalue weighted by Gasteiger charge is -2.06. The number of hydrogen-bond donors (Lipinski definition) is 2. The average Bonchev–Trinajstić information content (AvgIpc) is 2.46. The molecule has 98 valence electrons. The van der Waals surface area contributed by atoms with Crippen molar-refractivity contribution in [2.75, 3.05) is 0 Å². The Bertz CT molecular complexity index is 572. The number of nitrogens with two attached hydrogens (primary N) is 1. The van der Waals surface area contributed by atoms with Crippen molar-refractivity contribution in [2.24, 2.45) is 5.84 Å². The van der Waals surface area contributed by atoms with Gasteiger partial charge in [-0.3, -0.25) is 10.2 Å². The zero-order valence-electron chi connectivity index (χ0n) is 9.97. The van der Waals surface area contributed by atoms with Gasteiger partial charge in [0.05, 0.1) is 5.69 Å². The maximum absolute atomic E-state index is 11.3. The van der Waals surface area contributed by atoms with Crippen LogP contribution in [0, 0.1) is 3.57 Å². The number of nitrogen functional groups attached to an aromatic ring is 1. The van der Waals surface area contributed by atoms with Crippen LogP contribution in [-0.2, 0) is 6.61 Å². The standard InChI is InChI=1S/C13H12IN3O2/c14-9-4-6-11(7-5-9)19-8-10-2-1-3-12(16-10)13(18)17-15/h1-7H,8,15H2,(H,17,18). The smallest absolute Gasteiger partial charge is 0.283 e. The number of nitrogens with one attached hydrogen (secondary N) is 1. The number of aromatic nitrogens is 1. The van der Waals surface area contributed by atoms with E-state index in [9.17, 15) is 4.79 Å². The molecule has 0 radical (unpaired) electrons. The number of hydrogen-bond acceptors (Lipinski definition) is 4. The predicted molar refractivity (Wildman–Crippen MR) is 79.4 cm³/mol.